The molecule has 0 aliphatic carbocycles. The molecular formula is C6H4FNO3. The maximum atomic E-state index is 12.2. The second-order valence-electron chi connectivity index (χ2n) is 1.86. The van der Waals surface area contributed by atoms with Gasteiger partial charge in [0.2, 0.25) is 5.43 Å². The molecule has 1 aromatic heterocycles. The molecule has 0 unspecified atom stereocenters. The molecule has 11 heavy (non-hydrogen) atoms. The Morgan fingerprint density at radius 2 is 2.27 bits per heavy atom. The lowest BCUT2D eigenvalue weighted by Crippen LogP contribution is -2.11. The van der Waals surface area contributed by atoms with Crippen LogP contribution in [-0.2, 0) is 0 Å². The Morgan fingerprint density at radius 3 is 2.73 bits per heavy atom. The van der Waals surface area contributed by atoms with Crippen LogP contribution in [0.3, 0.4) is 0 Å². The lowest BCUT2D eigenvalue weighted by Gasteiger charge is -1.91. The number of carbonyl (C=O) groups is 1. The second kappa shape index (κ2) is 2.53. The summed E-state index contributed by atoms with van der Waals surface area (Å²) >= 11 is 0. The number of pyridine rings is 1. The van der Waals surface area contributed by atoms with Crippen LogP contribution in [0, 0.1) is 5.82 Å². The number of hydrogen-bond acceptors (Lipinski definition) is 2. The molecule has 4 nitrogen and oxygen atoms in total. The number of carboxylic acids is 1. The van der Waals surface area contributed by atoms with Crippen LogP contribution in [0.2, 0.25) is 0 Å². The van der Waals surface area contributed by atoms with Gasteiger partial charge in [0.25, 0.3) is 0 Å². The molecule has 1 aromatic rings. The summed E-state index contributed by atoms with van der Waals surface area (Å²) in [5.74, 6) is -2.28. The number of nitrogens with one attached hydrogen (secondary N) is 1. The standard InChI is InChI=1S/C6H4FNO3/c7-3-2-8-4(6(10)11)1-5(3)9/h1-2H,(H,8,9)(H,10,11). The minimum absolute atomic E-state index is 0.323. The fourth-order valence-corrected chi connectivity index (χ4v) is 0.577. The highest BCUT2D eigenvalue weighted by Gasteiger charge is 2.05. The van der Waals surface area contributed by atoms with Gasteiger partial charge in [-0.25, -0.2) is 9.18 Å². The summed E-state index contributed by atoms with van der Waals surface area (Å²) in [6.45, 7) is 0. The zero-order valence-electron chi connectivity index (χ0n) is 5.30. The third-order valence-electron chi connectivity index (χ3n) is 1.10. The zero-order valence-corrected chi connectivity index (χ0v) is 5.30. The molecular weight excluding hydrogens is 153 g/mol. The van der Waals surface area contributed by atoms with E-state index in [1.807, 2.05) is 0 Å². The number of aromatic amines is 1. The number of carboxylic acid groups (broad SMARTS) is 1. The molecule has 5 heteroatoms. The molecule has 0 bridgehead atoms. The highest BCUT2D eigenvalue weighted by atomic mass is 19.1. The van der Waals surface area contributed by atoms with Crippen LogP contribution >= 0.6 is 0 Å². The number of aromatic nitrogens is 1. The van der Waals surface area contributed by atoms with E-state index in [0.717, 1.165) is 0 Å². The van der Waals surface area contributed by atoms with E-state index in [0.29, 0.717) is 12.3 Å². The first kappa shape index (κ1) is 7.46. The largest absolute Gasteiger partial charge is 0.477 e. The number of aromatic carboxylic acids is 1. The molecule has 1 heterocycles. The monoisotopic (exact) mass is 157 g/mol. The fourth-order valence-electron chi connectivity index (χ4n) is 0.577. The quantitative estimate of drug-likeness (QED) is 0.612. The van der Waals surface area contributed by atoms with Gasteiger partial charge >= 0.3 is 5.97 Å². The summed E-state index contributed by atoms with van der Waals surface area (Å²) in [4.78, 5) is 22.8. The number of halogens is 1. The average Bonchev–Trinajstić information content (AvgIpc) is 1.94. The van der Waals surface area contributed by atoms with Gasteiger partial charge in [-0.1, -0.05) is 0 Å². The third-order valence-corrected chi connectivity index (χ3v) is 1.10. The molecule has 0 radical (unpaired) electrons. The molecule has 0 saturated heterocycles. The summed E-state index contributed by atoms with van der Waals surface area (Å²) in [5, 5.41) is 8.31. The van der Waals surface area contributed by atoms with Crippen molar-refractivity contribution in [3.8, 4) is 0 Å². The van der Waals surface area contributed by atoms with Crippen molar-refractivity contribution in [2.75, 3.05) is 0 Å². The van der Waals surface area contributed by atoms with E-state index in [1.54, 1.807) is 0 Å². The minimum Gasteiger partial charge on any atom is -0.477 e. The van der Waals surface area contributed by atoms with Gasteiger partial charge in [-0.15, -0.1) is 0 Å². The van der Waals surface area contributed by atoms with E-state index in [4.69, 9.17) is 5.11 Å². The van der Waals surface area contributed by atoms with E-state index in [1.165, 1.54) is 0 Å². The summed E-state index contributed by atoms with van der Waals surface area (Å²) in [7, 11) is 0. The van der Waals surface area contributed by atoms with Crippen LogP contribution in [0.1, 0.15) is 10.5 Å². The van der Waals surface area contributed by atoms with Crippen molar-refractivity contribution in [3.05, 3.63) is 34.0 Å². The molecule has 0 spiro atoms. The Kier molecular flexibility index (Phi) is 1.72. The van der Waals surface area contributed by atoms with Gasteiger partial charge < -0.3 is 10.1 Å². The number of H-pyrrole nitrogens is 1. The Hall–Kier alpha value is -1.65. The van der Waals surface area contributed by atoms with Crippen molar-refractivity contribution in [2.45, 2.75) is 0 Å². The summed E-state index contributed by atoms with van der Waals surface area (Å²) in [6, 6.07) is 0.692. The number of hydrogen-bond donors (Lipinski definition) is 2. The van der Waals surface area contributed by atoms with Crippen molar-refractivity contribution in [2.24, 2.45) is 0 Å². The Morgan fingerprint density at radius 1 is 1.64 bits per heavy atom. The lowest BCUT2D eigenvalue weighted by atomic mass is 10.3. The first-order valence-electron chi connectivity index (χ1n) is 2.73. The topological polar surface area (TPSA) is 70.2 Å². The van der Waals surface area contributed by atoms with Gasteiger partial charge in [0.05, 0.1) is 0 Å². The average molecular weight is 157 g/mol. The van der Waals surface area contributed by atoms with Gasteiger partial charge in [-0.2, -0.15) is 0 Å². The van der Waals surface area contributed by atoms with E-state index < -0.39 is 17.2 Å². The van der Waals surface area contributed by atoms with Crippen molar-refractivity contribution in [1.29, 1.82) is 0 Å². The highest BCUT2D eigenvalue weighted by molar-refractivity contribution is 5.85. The summed E-state index contributed by atoms with van der Waals surface area (Å²) in [5.41, 5.74) is -1.25. The molecule has 58 valence electrons. The molecule has 2 N–H and O–H groups in total. The van der Waals surface area contributed by atoms with Gasteiger partial charge in [0, 0.05) is 12.3 Å². The van der Waals surface area contributed by atoms with E-state index in [2.05, 4.69) is 4.98 Å². The van der Waals surface area contributed by atoms with Crippen LogP contribution in [0.5, 0.6) is 0 Å². The molecule has 1 rings (SSSR count). The fraction of sp³-hybridized carbons (Fsp3) is 0. The molecule has 0 amide bonds. The van der Waals surface area contributed by atoms with E-state index in [9.17, 15) is 14.0 Å². The first-order valence-corrected chi connectivity index (χ1v) is 2.73. The van der Waals surface area contributed by atoms with Crippen LogP contribution < -0.4 is 5.43 Å². The lowest BCUT2D eigenvalue weighted by molar-refractivity contribution is 0.0690. The molecule has 0 atom stereocenters. The molecule has 0 aliphatic heterocycles. The van der Waals surface area contributed by atoms with Crippen molar-refractivity contribution < 1.29 is 14.3 Å². The first-order chi connectivity index (χ1) is 5.11. The normalized spacial score (nSPS) is 9.55. The molecule has 0 aliphatic rings. The molecule has 0 aromatic carbocycles. The SMILES string of the molecule is O=C(O)c1cc(=O)c(F)c[nH]1. The van der Waals surface area contributed by atoms with E-state index >= 15 is 0 Å². The maximum absolute atomic E-state index is 12.2. The smallest absolute Gasteiger partial charge is 0.352 e. The van der Waals surface area contributed by atoms with Gasteiger partial charge in [0.15, 0.2) is 5.82 Å². The van der Waals surface area contributed by atoms with Crippen molar-refractivity contribution in [3.63, 3.8) is 0 Å². The summed E-state index contributed by atoms with van der Waals surface area (Å²) < 4.78 is 12.2. The zero-order chi connectivity index (χ0) is 8.43. The van der Waals surface area contributed by atoms with Crippen LogP contribution in [0.25, 0.3) is 0 Å². The van der Waals surface area contributed by atoms with Crippen molar-refractivity contribution >= 4 is 5.97 Å². The van der Waals surface area contributed by atoms with Gasteiger partial charge in [-0.05, 0) is 0 Å². The Balaban J connectivity index is 3.26. The predicted octanol–water partition coefficient (Wildman–Crippen LogP) is 0.212. The second-order valence-corrected chi connectivity index (χ2v) is 1.86. The van der Waals surface area contributed by atoms with Crippen LogP contribution in [0.15, 0.2) is 17.1 Å². The Bertz CT molecular complexity index is 344. The Labute approximate surface area is 60.3 Å². The van der Waals surface area contributed by atoms with Gasteiger partial charge in [-0.3, -0.25) is 4.79 Å². The van der Waals surface area contributed by atoms with Gasteiger partial charge in [0.1, 0.15) is 5.69 Å². The third kappa shape index (κ3) is 1.43. The highest BCUT2D eigenvalue weighted by Crippen LogP contribution is 1.90. The number of rotatable bonds is 1. The molecule has 0 saturated carbocycles. The predicted molar refractivity (Wildman–Crippen MR) is 34.0 cm³/mol. The molecule has 0 fully saturated rings. The van der Waals surface area contributed by atoms with E-state index in [-0.39, 0.29) is 5.69 Å². The van der Waals surface area contributed by atoms with Crippen LogP contribution in [-0.4, -0.2) is 16.1 Å². The minimum atomic E-state index is -1.29. The summed E-state index contributed by atoms with van der Waals surface area (Å²) in [6.07, 6.45) is 0.714. The maximum Gasteiger partial charge on any atom is 0.352 e. The van der Waals surface area contributed by atoms with Crippen LogP contribution in [0.4, 0.5) is 4.39 Å². The van der Waals surface area contributed by atoms with Crippen molar-refractivity contribution in [1.82, 2.24) is 4.98 Å².